The summed E-state index contributed by atoms with van der Waals surface area (Å²) < 4.78 is 39.5. The molecule has 1 saturated carbocycles. The lowest BCUT2D eigenvalue weighted by molar-refractivity contribution is -0.161. The third-order valence-electron chi connectivity index (χ3n) is 2.78. The summed E-state index contributed by atoms with van der Waals surface area (Å²) in [5.41, 5.74) is -0.978. The molecule has 0 aliphatic heterocycles. The summed E-state index contributed by atoms with van der Waals surface area (Å²) in [6.45, 7) is -1.68. The van der Waals surface area contributed by atoms with Gasteiger partial charge in [-0.05, 0) is 12.8 Å². The molecule has 0 bridgehead atoms. The third kappa shape index (κ3) is 4.80. The van der Waals surface area contributed by atoms with Gasteiger partial charge < -0.3 is 15.2 Å². The second kappa shape index (κ2) is 5.45. The molecule has 0 heterocycles. The van der Waals surface area contributed by atoms with Crippen molar-refractivity contribution in [2.45, 2.75) is 43.8 Å². The van der Waals surface area contributed by atoms with Crippen molar-refractivity contribution in [1.82, 2.24) is 5.32 Å². The van der Waals surface area contributed by atoms with Crippen LogP contribution in [0.4, 0.5) is 18.0 Å². The number of nitrogens with one attached hydrogen (secondary N) is 1. The average Bonchev–Trinajstić information content (AvgIpc) is 2.61. The van der Waals surface area contributed by atoms with Gasteiger partial charge in [-0.2, -0.15) is 13.2 Å². The topological polar surface area (TPSA) is 75.6 Å². The van der Waals surface area contributed by atoms with Crippen LogP contribution in [0.1, 0.15) is 32.1 Å². The molecule has 0 spiro atoms. The number of hydrogen-bond donors (Lipinski definition) is 2. The number of carbonyl (C=O) groups is 2. The third-order valence-corrected chi connectivity index (χ3v) is 2.78. The first kappa shape index (κ1) is 14.6. The summed E-state index contributed by atoms with van der Waals surface area (Å²) in [5, 5.41) is 11.0. The number of halogens is 3. The van der Waals surface area contributed by atoms with Gasteiger partial charge in [0, 0.05) is 0 Å². The number of carbonyl (C=O) groups excluding carboxylic acids is 1. The van der Waals surface area contributed by atoms with Gasteiger partial charge in [0.15, 0.2) is 6.61 Å². The van der Waals surface area contributed by atoms with Gasteiger partial charge in [0.2, 0.25) is 0 Å². The fourth-order valence-electron chi connectivity index (χ4n) is 2.09. The second-order valence-electron chi connectivity index (χ2n) is 4.37. The molecule has 0 aromatic rings. The first-order valence-electron chi connectivity index (χ1n) is 5.46. The van der Waals surface area contributed by atoms with Gasteiger partial charge >= 0.3 is 18.2 Å². The minimum Gasteiger partial charge on any atom is -0.481 e. The summed E-state index contributed by atoms with van der Waals surface area (Å²) in [6, 6.07) is 0. The molecule has 8 heteroatoms. The lowest BCUT2D eigenvalue weighted by atomic mass is 9.93. The first-order valence-corrected chi connectivity index (χ1v) is 5.46. The van der Waals surface area contributed by atoms with E-state index in [1.807, 2.05) is 0 Å². The smallest absolute Gasteiger partial charge is 0.422 e. The predicted octanol–water partition coefficient (Wildman–Crippen LogP) is 2.06. The van der Waals surface area contributed by atoms with Crippen LogP contribution in [0.2, 0.25) is 0 Å². The van der Waals surface area contributed by atoms with E-state index in [0.717, 1.165) is 12.8 Å². The van der Waals surface area contributed by atoms with Crippen LogP contribution >= 0.6 is 0 Å². The highest BCUT2D eigenvalue weighted by Crippen LogP contribution is 2.32. The first-order chi connectivity index (χ1) is 8.22. The molecule has 0 atom stereocenters. The average molecular weight is 269 g/mol. The van der Waals surface area contributed by atoms with Crippen LogP contribution in [0.5, 0.6) is 0 Å². The molecule has 0 unspecified atom stereocenters. The number of carboxylic acid groups (broad SMARTS) is 1. The quantitative estimate of drug-likeness (QED) is 0.819. The van der Waals surface area contributed by atoms with E-state index in [4.69, 9.17) is 5.11 Å². The Morgan fingerprint density at radius 2 is 1.83 bits per heavy atom. The second-order valence-corrected chi connectivity index (χ2v) is 4.37. The Morgan fingerprint density at radius 1 is 1.28 bits per heavy atom. The molecule has 104 valence electrons. The molecule has 0 radical (unpaired) electrons. The van der Waals surface area contributed by atoms with Gasteiger partial charge in [-0.15, -0.1) is 0 Å². The van der Waals surface area contributed by atoms with Crippen LogP contribution in [-0.2, 0) is 9.53 Å². The van der Waals surface area contributed by atoms with Gasteiger partial charge in [0.1, 0.15) is 0 Å². The Balaban J connectivity index is 2.51. The summed E-state index contributed by atoms with van der Waals surface area (Å²) in [5.74, 6) is -1.10. The minimum absolute atomic E-state index is 0.311. The van der Waals surface area contributed by atoms with Crippen molar-refractivity contribution < 1.29 is 32.6 Å². The fraction of sp³-hybridized carbons (Fsp3) is 0.800. The number of carboxylic acids is 1. The van der Waals surface area contributed by atoms with Gasteiger partial charge in [0.05, 0.1) is 12.0 Å². The summed E-state index contributed by atoms with van der Waals surface area (Å²) in [4.78, 5) is 21.9. The maximum atomic E-state index is 11.8. The Morgan fingerprint density at radius 3 is 2.28 bits per heavy atom. The molecule has 2 N–H and O–H groups in total. The molecule has 1 aliphatic carbocycles. The Kier molecular flexibility index (Phi) is 4.42. The number of amides is 1. The molecule has 1 fully saturated rings. The highest BCUT2D eigenvalue weighted by Gasteiger charge is 2.39. The SMILES string of the molecule is O=C(O)CC1(NC(=O)OCC(F)(F)F)CCCC1. The Bertz CT molecular complexity index is 324. The van der Waals surface area contributed by atoms with Crippen molar-refractivity contribution in [3.05, 3.63) is 0 Å². The molecule has 1 aliphatic rings. The van der Waals surface area contributed by atoms with E-state index < -0.39 is 30.4 Å². The maximum Gasteiger partial charge on any atom is 0.422 e. The molecular weight excluding hydrogens is 255 g/mol. The number of hydrogen-bond acceptors (Lipinski definition) is 3. The Labute approximate surface area is 101 Å². The largest absolute Gasteiger partial charge is 0.481 e. The van der Waals surface area contributed by atoms with E-state index in [-0.39, 0.29) is 6.42 Å². The van der Waals surface area contributed by atoms with E-state index >= 15 is 0 Å². The zero-order chi connectivity index (χ0) is 13.8. The number of ether oxygens (including phenoxy) is 1. The molecule has 0 aromatic carbocycles. The summed E-state index contributed by atoms with van der Waals surface area (Å²) in [6.07, 6.45) is -3.81. The van der Waals surface area contributed by atoms with Crippen LogP contribution < -0.4 is 5.32 Å². The Hall–Kier alpha value is -1.47. The summed E-state index contributed by atoms with van der Waals surface area (Å²) >= 11 is 0. The normalized spacial score (nSPS) is 18.4. The van der Waals surface area contributed by atoms with Crippen molar-refractivity contribution in [2.24, 2.45) is 0 Å². The van der Waals surface area contributed by atoms with Gasteiger partial charge in [-0.3, -0.25) is 4.79 Å². The van der Waals surface area contributed by atoms with Crippen LogP contribution in [0.3, 0.4) is 0 Å². The van der Waals surface area contributed by atoms with Crippen molar-refractivity contribution >= 4 is 12.1 Å². The molecule has 5 nitrogen and oxygen atoms in total. The number of rotatable bonds is 4. The fourth-order valence-corrected chi connectivity index (χ4v) is 2.09. The zero-order valence-corrected chi connectivity index (χ0v) is 9.55. The molecule has 18 heavy (non-hydrogen) atoms. The van der Waals surface area contributed by atoms with Crippen molar-refractivity contribution in [2.75, 3.05) is 6.61 Å². The van der Waals surface area contributed by atoms with E-state index in [1.165, 1.54) is 0 Å². The maximum absolute atomic E-state index is 11.8. The van der Waals surface area contributed by atoms with Gasteiger partial charge in [0.25, 0.3) is 0 Å². The van der Waals surface area contributed by atoms with Crippen LogP contribution in [0.15, 0.2) is 0 Å². The zero-order valence-electron chi connectivity index (χ0n) is 9.55. The van der Waals surface area contributed by atoms with Crippen molar-refractivity contribution in [1.29, 1.82) is 0 Å². The van der Waals surface area contributed by atoms with Gasteiger partial charge in [-0.1, -0.05) is 12.8 Å². The highest BCUT2D eigenvalue weighted by atomic mass is 19.4. The monoisotopic (exact) mass is 269 g/mol. The van der Waals surface area contributed by atoms with Crippen LogP contribution in [-0.4, -0.2) is 35.5 Å². The molecular formula is C10H14F3NO4. The van der Waals surface area contributed by atoms with Crippen molar-refractivity contribution in [3.63, 3.8) is 0 Å². The highest BCUT2D eigenvalue weighted by molar-refractivity contribution is 5.72. The standard InChI is InChI=1S/C10H14F3NO4/c11-10(12,13)6-18-8(17)14-9(5-7(15)16)3-1-2-4-9/h1-6H2,(H,14,17)(H,15,16). The van der Waals surface area contributed by atoms with E-state index in [2.05, 4.69) is 10.1 Å². The van der Waals surface area contributed by atoms with E-state index in [1.54, 1.807) is 0 Å². The lowest BCUT2D eigenvalue weighted by Crippen LogP contribution is -2.48. The van der Waals surface area contributed by atoms with Crippen LogP contribution in [0, 0.1) is 0 Å². The lowest BCUT2D eigenvalue weighted by Gasteiger charge is -2.28. The molecule has 1 rings (SSSR count). The number of aliphatic carboxylic acids is 1. The van der Waals surface area contributed by atoms with Crippen LogP contribution in [0.25, 0.3) is 0 Å². The van der Waals surface area contributed by atoms with Gasteiger partial charge in [-0.25, -0.2) is 4.79 Å². The minimum atomic E-state index is -4.59. The number of alkyl carbamates (subject to hydrolysis) is 1. The van der Waals surface area contributed by atoms with E-state index in [9.17, 15) is 22.8 Å². The summed E-state index contributed by atoms with van der Waals surface area (Å²) in [7, 11) is 0. The van der Waals surface area contributed by atoms with Crippen molar-refractivity contribution in [3.8, 4) is 0 Å². The molecule has 0 saturated heterocycles. The van der Waals surface area contributed by atoms with E-state index in [0.29, 0.717) is 12.8 Å². The predicted molar refractivity (Wildman–Crippen MR) is 54.0 cm³/mol. The molecule has 0 aromatic heterocycles. The number of alkyl halides is 3. The molecule has 1 amide bonds.